The predicted octanol–water partition coefficient (Wildman–Crippen LogP) is 5.28. The highest BCUT2D eigenvalue weighted by Gasteiger charge is 2.19. The van der Waals surface area contributed by atoms with Crippen LogP contribution < -0.4 is 15.4 Å². The predicted molar refractivity (Wildman–Crippen MR) is 120 cm³/mol. The maximum absolute atomic E-state index is 12.8. The summed E-state index contributed by atoms with van der Waals surface area (Å²) >= 11 is 0. The van der Waals surface area contributed by atoms with Crippen LogP contribution in [0.5, 0.6) is 5.75 Å². The van der Waals surface area contributed by atoms with Gasteiger partial charge in [-0.15, -0.1) is 0 Å². The molecule has 2 aromatic carbocycles. The van der Waals surface area contributed by atoms with Crippen molar-refractivity contribution in [3.8, 4) is 5.75 Å². The number of nitrogens with one attached hydrogen (secondary N) is 2. The van der Waals surface area contributed by atoms with Gasteiger partial charge >= 0.3 is 0 Å². The zero-order valence-corrected chi connectivity index (χ0v) is 17.9. The summed E-state index contributed by atoms with van der Waals surface area (Å²) in [5, 5.41) is 5.95. The van der Waals surface area contributed by atoms with Crippen molar-refractivity contribution >= 4 is 17.5 Å². The summed E-state index contributed by atoms with van der Waals surface area (Å²) < 4.78 is 5.80. The highest BCUT2D eigenvalue weighted by molar-refractivity contribution is 6.04. The van der Waals surface area contributed by atoms with E-state index in [1.165, 1.54) is 6.42 Å². The third-order valence-electron chi connectivity index (χ3n) is 5.81. The van der Waals surface area contributed by atoms with Crippen molar-refractivity contribution in [3.63, 3.8) is 0 Å². The molecule has 1 fully saturated rings. The van der Waals surface area contributed by atoms with Gasteiger partial charge in [-0.05, 0) is 48.9 Å². The molecular weight excluding hydrogens is 376 g/mol. The number of hydrogen-bond acceptors (Lipinski definition) is 3. The Bertz CT molecular complexity index is 859. The minimum absolute atomic E-state index is 0.105. The first-order chi connectivity index (χ1) is 14.6. The van der Waals surface area contributed by atoms with Gasteiger partial charge in [0.05, 0.1) is 11.3 Å². The van der Waals surface area contributed by atoms with Gasteiger partial charge in [-0.25, -0.2) is 0 Å². The molecule has 0 spiro atoms. The second kappa shape index (κ2) is 10.8. The molecule has 2 aromatic rings. The van der Waals surface area contributed by atoms with Crippen LogP contribution in [-0.4, -0.2) is 24.5 Å². The number of carbonyl (C=O) groups excluding carboxylic acids is 2. The van der Waals surface area contributed by atoms with Crippen molar-refractivity contribution in [3.05, 3.63) is 59.7 Å². The molecule has 1 saturated carbocycles. The van der Waals surface area contributed by atoms with Gasteiger partial charge in [0.2, 0.25) is 0 Å². The molecule has 0 radical (unpaired) electrons. The monoisotopic (exact) mass is 408 g/mol. The van der Waals surface area contributed by atoms with Gasteiger partial charge in [0.25, 0.3) is 11.8 Å². The molecule has 0 heterocycles. The Morgan fingerprint density at radius 2 is 1.73 bits per heavy atom. The van der Waals surface area contributed by atoms with Crippen LogP contribution >= 0.6 is 0 Å². The van der Waals surface area contributed by atoms with Crippen LogP contribution in [0.1, 0.15) is 74.2 Å². The van der Waals surface area contributed by atoms with E-state index in [1.54, 1.807) is 12.1 Å². The quantitative estimate of drug-likeness (QED) is 0.624. The number of rotatable bonds is 8. The number of ether oxygens (including phenoxy) is 1. The summed E-state index contributed by atoms with van der Waals surface area (Å²) in [4.78, 5) is 25.3. The van der Waals surface area contributed by atoms with Gasteiger partial charge in [0.1, 0.15) is 5.75 Å². The van der Waals surface area contributed by atoms with Crippen LogP contribution in [0.2, 0.25) is 0 Å². The molecule has 2 amide bonds. The van der Waals surface area contributed by atoms with Crippen molar-refractivity contribution in [1.82, 2.24) is 5.32 Å². The van der Waals surface area contributed by atoms with Gasteiger partial charge in [0, 0.05) is 6.04 Å². The fourth-order valence-corrected chi connectivity index (χ4v) is 3.87. The Morgan fingerprint density at radius 1 is 1.03 bits per heavy atom. The average molecular weight is 409 g/mol. The Balaban J connectivity index is 1.61. The highest BCUT2D eigenvalue weighted by atomic mass is 16.5. The highest BCUT2D eigenvalue weighted by Crippen LogP contribution is 2.28. The van der Waals surface area contributed by atoms with Crippen molar-refractivity contribution in [1.29, 1.82) is 0 Å². The number of para-hydroxylation sites is 2. The summed E-state index contributed by atoms with van der Waals surface area (Å²) in [5.74, 6) is 0.659. The molecule has 30 heavy (non-hydrogen) atoms. The lowest BCUT2D eigenvalue weighted by atomic mass is 9.95. The molecule has 0 saturated heterocycles. The minimum atomic E-state index is -0.285. The Hall–Kier alpha value is -2.82. The number of hydrogen-bond donors (Lipinski definition) is 2. The smallest absolute Gasteiger partial charge is 0.262 e. The van der Waals surface area contributed by atoms with E-state index in [2.05, 4.69) is 24.5 Å². The molecule has 3 rings (SSSR count). The third kappa shape index (κ3) is 5.85. The van der Waals surface area contributed by atoms with E-state index in [9.17, 15) is 9.59 Å². The molecule has 1 atom stereocenters. The zero-order chi connectivity index (χ0) is 21.3. The Labute approximate surface area is 179 Å². The van der Waals surface area contributed by atoms with E-state index >= 15 is 0 Å². The van der Waals surface area contributed by atoms with E-state index in [1.807, 2.05) is 36.4 Å². The number of anilines is 1. The fourth-order valence-electron chi connectivity index (χ4n) is 3.87. The lowest BCUT2D eigenvalue weighted by molar-refractivity contribution is -0.118. The standard InChI is InChI=1S/C25H32N2O3/c1-3-18(2)20-13-8-10-16-23(20)30-17-24(28)27-22-15-9-7-14-21(22)25(29)26-19-11-5-4-6-12-19/h7-10,13-16,18-19H,3-6,11-12,17H2,1-2H3,(H,26,29)(H,27,28)/t18-/m0/s1. The summed E-state index contributed by atoms with van der Waals surface area (Å²) in [6.45, 7) is 4.17. The lowest BCUT2D eigenvalue weighted by Gasteiger charge is -2.23. The van der Waals surface area contributed by atoms with Gasteiger partial charge in [-0.2, -0.15) is 0 Å². The normalized spacial score (nSPS) is 15.3. The Kier molecular flexibility index (Phi) is 7.89. The molecule has 0 aliphatic heterocycles. The van der Waals surface area contributed by atoms with E-state index in [0.717, 1.165) is 43.4 Å². The summed E-state index contributed by atoms with van der Waals surface area (Å²) in [6.07, 6.45) is 6.57. The zero-order valence-electron chi connectivity index (χ0n) is 17.9. The first kappa shape index (κ1) is 21.9. The first-order valence-corrected chi connectivity index (χ1v) is 11.0. The molecule has 0 aromatic heterocycles. The molecule has 2 N–H and O–H groups in total. The molecule has 1 aliphatic rings. The fraction of sp³-hybridized carbons (Fsp3) is 0.440. The summed E-state index contributed by atoms with van der Waals surface area (Å²) in [7, 11) is 0. The van der Waals surface area contributed by atoms with Crippen LogP contribution in [0.15, 0.2) is 48.5 Å². The lowest BCUT2D eigenvalue weighted by Crippen LogP contribution is -2.36. The molecular formula is C25H32N2O3. The van der Waals surface area contributed by atoms with E-state index < -0.39 is 0 Å². The van der Waals surface area contributed by atoms with Gasteiger partial charge in [-0.1, -0.05) is 63.4 Å². The van der Waals surface area contributed by atoms with Crippen LogP contribution in [0.25, 0.3) is 0 Å². The number of carbonyl (C=O) groups is 2. The number of benzene rings is 2. The van der Waals surface area contributed by atoms with Crippen LogP contribution in [0, 0.1) is 0 Å². The van der Waals surface area contributed by atoms with Crippen molar-refractivity contribution < 1.29 is 14.3 Å². The maximum atomic E-state index is 12.8. The second-order valence-corrected chi connectivity index (χ2v) is 8.04. The average Bonchev–Trinajstić information content (AvgIpc) is 2.78. The van der Waals surface area contributed by atoms with Gasteiger partial charge < -0.3 is 15.4 Å². The maximum Gasteiger partial charge on any atom is 0.262 e. The molecule has 0 unspecified atom stereocenters. The SMILES string of the molecule is CC[C@H](C)c1ccccc1OCC(=O)Nc1ccccc1C(=O)NC1CCCCC1. The summed E-state index contributed by atoms with van der Waals surface area (Å²) in [5.41, 5.74) is 2.09. The van der Waals surface area contributed by atoms with E-state index in [4.69, 9.17) is 4.74 Å². The van der Waals surface area contributed by atoms with Crippen LogP contribution in [0.4, 0.5) is 5.69 Å². The first-order valence-electron chi connectivity index (χ1n) is 11.0. The Morgan fingerprint density at radius 3 is 2.50 bits per heavy atom. The molecule has 0 bridgehead atoms. The molecule has 1 aliphatic carbocycles. The van der Waals surface area contributed by atoms with Crippen LogP contribution in [-0.2, 0) is 4.79 Å². The van der Waals surface area contributed by atoms with Crippen molar-refractivity contribution in [2.24, 2.45) is 0 Å². The molecule has 5 heteroatoms. The molecule has 160 valence electrons. The number of amides is 2. The van der Waals surface area contributed by atoms with E-state index in [0.29, 0.717) is 17.2 Å². The topological polar surface area (TPSA) is 67.4 Å². The largest absolute Gasteiger partial charge is 0.483 e. The van der Waals surface area contributed by atoms with Gasteiger partial charge in [0.15, 0.2) is 6.61 Å². The van der Waals surface area contributed by atoms with E-state index in [-0.39, 0.29) is 24.5 Å². The molecule has 5 nitrogen and oxygen atoms in total. The second-order valence-electron chi connectivity index (χ2n) is 8.04. The third-order valence-corrected chi connectivity index (χ3v) is 5.81. The minimum Gasteiger partial charge on any atom is -0.483 e. The van der Waals surface area contributed by atoms with Crippen molar-refractivity contribution in [2.45, 2.75) is 64.3 Å². The van der Waals surface area contributed by atoms with Gasteiger partial charge in [-0.3, -0.25) is 9.59 Å². The summed E-state index contributed by atoms with van der Waals surface area (Å²) in [6, 6.07) is 15.1. The van der Waals surface area contributed by atoms with Crippen LogP contribution in [0.3, 0.4) is 0 Å². The van der Waals surface area contributed by atoms with Crippen molar-refractivity contribution in [2.75, 3.05) is 11.9 Å².